The maximum Gasteiger partial charge on any atom is 0.269 e. The third-order valence-electron chi connectivity index (χ3n) is 5.36. The SMILES string of the molecule is COc1ccc2nc(N(CCN3CCOCC3)C(=O)Cc3ccc([N+](=O)[O-])cc3)sc2c1. The number of hydrogen-bond donors (Lipinski definition) is 0. The Hall–Kier alpha value is -3.08. The lowest BCUT2D eigenvalue weighted by Crippen LogP contribution is -2.43. The number of ether oxygens (including phenoxy) is 2. The molecule has 2 heterocycles. The summed E-state index contributed by atoms with van der Waals surface area (Å²) in [6, 6.07) is 11.7. The molecule has 168 valence electrons. The van der Waals surface area contributed by atoms with Gasteiger partial charge in [-0.05, 0) is 23.8 Å². The number of thiazole rings is 1. The molecule has 1 aliphatic rings. The number of carbonyl (C=O) groups is 1. The van der Waals surface area contributed by atoms with Gasteiger partial charge in [0.15, 0.2) is 5.13 Å². The summed E-state index contributed by atoms with van der Waals surface area (Å²) in [7, 11) is 1.62. The van der Waals surface area contributed by atoms with Crippen LogP contribution in [0.1, 0.15) is 5.56 Å². The first-order chi connectivity index (χ1) is 15.5. The van der Waals surface area contributed by atoms with Crippen molar-refractivity contribution in [3.63, 3.8) is 0 Å². The number of nitrogens with zero attached hydrogens (tertiary/aromatic N) is 4. The van der Waals surface area contributed by atoms with E-state index in [0.717, 1.165) is 34.6 Å². The number of hydrogen-bond acceptors (Lipinski definition) is 8. The van der Waals surface area contributed by atoms with Gasteiger partial charge in [0.05, 0.1) is 41.9 Å². The number of morpholine rings is 1. The smallest absolute Gasteiger partial charge is 0.269 e. The average Bonchev–Trinajstić information content (AvgIpc) is 3.23. The van der Waals surface area contributed by atoms with Gasteiger partial charge in [0.1, 0.15) is 5.75 Å². The van der Waals surface area contributed by atoms with Crippen LogP contribution in [-0.4, -0.2) is 67.2 Å². The third-order valence-corrected chi connectivity index (χ3v) is 6.40. The molecule has 0 bridgehead atoms. The molecule has 0 unspecified atom stereocenters. The molecule has 0 atom stereocenters. The fourth-order valence-corrected chi connectivity index (χ4v) is 4.57. The zero-order valence-electron chi connectivity index (χ0n) is 17.7. The van der Waals surface area contributed by atoms with Crippen molar-refractivity contribution < 1.29 is 19.2 Å². The van der Waals surface area contributed by atoms with E-state index in [1.54, 1.807) is 24.1 Å². The fourth-order valence-electron chi connectivity index (χ4n) is 3.53. The lowest BCUT2D eigenvalue weighted by molar-refractivity contribution is -0.384. The van der Waals surface area contributed by atoms with Gasteiger partial charge in [0, 0.05) is 38.3 Å². The van der Waals surface area contributed by atoms with Gasteiger partial charge < -0.3 is 9.47 Å². The highest BCUT2D eigenvalue weighted by molar-refractivity contribution is 7.22. The molecule has 1 fully saturated rings. The molecule has 0 radical (unpaired) electrons. The number of carbonyl (C=O) groups excluding carboxylic acids is 1. The first-order valence-electron chi connectivity index (χ1n) is 10.3. The molecule has 10 heteroatoms. The molecule has 32 heavy (non-hydrogen) atoms. The summed E-state index contributed by atoms with van der Waals surface area (Å²) in [5.74, 6) is 0.642. The van der Waals surface area contributed by atoms with Crippen LogP contribution in [0.25, 0.3) is 10.2 Å². The van der Waals surface area contributed by atoms with Crippen molar-refractivity contribution in [1.29, 1.82) is 0 Å². The summed E-state index contributed by atoms with van der Waals surface area (Å²) in [6.45, 7) is 4.27. The Morgan fingerprint density at radius 3 is 2.69 bits per heavy atom. The summed E-state index contributed by atoms with van der Waals surface area (Å²) < 4.78 is 11.7. The summed E-state index contributed by atoms with van der Waals surface area (Å²) in [5.41, 5.74) is 1.54. The van der Waals surface area contributed by atoms with Crippen LogP contribution in [0, 0.1) is 10.1 Å². The molecule has 2 aromatic carbocycles. The Labute approximate surface area is 189 Å². The van der Waals surface area contributed by atoms with Crippen LogP contribution in [0.3, 0.4) is 0 Å². The molecule has 1 amide bonds. The second kappa shape index (κ2) is 10.0. The number of aromatic nitrogens is 1. The highest BCUT2D eigenvalue weighted by atomic mass is 32.1. The molecular formula is C22H24N4O5S. The Bertz CT molecular complexity index is 1100. The molecule has 4 rings (SSSR count). The van der Waals surface area contributed by atoms with E-state index in [4.69, 9.17) is 9.47 Å². The minimum atomic E-state index is -0.449. The van der Waals surface area contributed by atoms with E-state index in [9.17, 15) is 14.9 Å². The van der Waals surface area contributed by atoms with E-state index in [2.05, 4.69) is 9.88 Å². The summed E-state index contributed by atoms with van der Waals surface area (Å²) in [5, 5.41) is 11.5. The minimum Gasteiger partial charge on any atom is -0.497 e. The average molecular weight is 457 g/mol. The molecule has 0 aliphatic carbocycles. The molecule has 1 aliphatic heterocycles. The van der Waals surface area contributed by atoms with Crippen molar-refractivity contribution in [2.45, 2.75) is 6.42 Å². The number of methoxy groups -OCH3 is 1. The lowest BCUT2D eigenvalue weighted by Gasteiger charge is -2.29. The first-order valence-corrected chi connectivity index (χ1v) is 11.1. The van der Waals surface area contributed by atoms with Gasteiger partial charge in [-0.2, -0.15) is 0 Å². The van der Waals surface area contributed by atoms with E-state index < -0.39 is 4.92 Å². The zero-order valence-corrected chi connectivity index (χ0v) is 18.5. The zero-order chi connectivity index (χ0) is 22.5. The Balaban J connectivity index is 1.56. The molecule has 3 aromatic rings. The molecule has 0 saturated carbocycles. The van der Waals surface area contributed by atoms with Crippen molar-refractivity contribution >= 4 is 38.3 Å². The predicted octanol–water partition coefficient (Wildman–Crippen LogP) is 3.12. The molecule has 1 saturated heterocycles. The Morgan fingerprint density at radius 1 is 1.25 bits per heavy atom. The lowest BCUT2D eigenvalue weighted by atomic mass is 10.1. The van der Waals surface area contributed by atoms with E-state index >= 15 is 0 Å². The number of nitro groups is 1. The second-order valence-corrected chi connectivity index (χ2v) is 8.44. The summed E-state index contributed by atoms with van der Waals surface area (Å²) >= 11 is 1.45. The van der Waals surface area contributed by atoms with E-state index in [1.165, 1.54) is 23.5 Å². The molecular weight excluding hydrogens is 432 g/mol. The number of anilines is 1. The van der Waals surface area contributed by atoms with Crippen LogP contribution < -0.4 is 9.64 Å². The Kier molecular flexibility index (Phi) is 6.93. The predicted molar refractivity (Wildman–Crippen MR) is 123 cm³/mol. The highest BCUT2D eigenvalue weighted by Crippen LogP contribution is 2.32. The van der Waals surface area contributed by atoms with Crippen LogP contribution in [0.5, 0.6) is 5.75 Å². The highest BCUT2D eigenvalue weighted by Gasteiger charge is 2.22. The van der Waals surface area contributed by atoms with Crippen molar-refractivity contribution in [1.82, 2.24) is 9.88 Å². The minimum absolute atomic E-state index is 0.00509. The number of amides is 1. The van der Waals surface area contributed by atoms with Crippen LogP contribution >= 0.6 is 11.3 Å². The van der Waals surface area contributed by atoms with Crippen molar-refractivity contribution in [2.75, 3.05) is 51.4 Å². The maximum absolute atomic E-state index is 13.3. The van der Waals surface area contributed by atoms with Crippen LogP contribution in [0.2, 0.25) is 0 Å². The van der Waals surface area contributed by atoms with Gasteiger partial charge >= 0.3 is 0 Å². The maximum atomic E-state index is 13.3. The van der Waals surface area contributed by atoms with Crippen LogP contribution in [0.15, 0.2) is 42.5 Å². The van der Waals surface area contributed by atoms with Gasteiger partial charge in [-0.1, -0.05) is 23.5 Å². The number of non-ortho nitro benzene ring substituents is 1. The summed E-state index contributed by atoms with van der Waals surface area (Å²) in [4.78, 5) is 32.4. The van der Waals surface area contributed by atoms with Gasteiger partial charge in [0.25, 0.3) is 5.69 Å². The van der Waals surface area contributed by atoms with E-state index in [-0.39, 0.29) is 18.0 Å². The first kappa shape index (κ1) is 22.1. The molecule has 9 nitrogen and oxygen atoms in total. The number of nitro benzene ring substituents is 1. The molecule has 0 spiro atoms. The van der Waals surface area contributed by atoms with Gasteiger partial charge in [-0.25, -0.2) is 4.98 Å². The van der Waals surface area contributed by atoms with Crippen LogP contribution in [-0.2, 0) is 16.0 Å². The van der Waals surface area contributed by atoms with E-state index in [0.29, 0.717) is 31.4 Å². The van der Waals surface area contributed by atoms with Crippen molar-refractivity contribution in [3.8, 4) is 5.75 Å². The number of rotatable bonds is 8. The number of benzene rings is 2. The quantitative estimate of drug-likeness (QED) is 0.379. The van der Waals surface area contributed by atoms with Gasteiger partial charge in [-0.3, -0.25) is 24.7 Å². The van der Waals surface area contributed by atoms with Crippen LogP contribution in [0.4, 0.5) is 10.8 Å². The topological polar surface area (TPSA) is 98.0 Å². The molecule has 0 N–H and O–H groups in total. The molecule has 1 aromatic heterocycles. The van der Waals surface area contributed by atoms with Gasteiger partial charge in [0.2, 0.25) is 5.91 Å². The van der Waals surface area contributed by atoms with Crippen molar-refractivity contribution in [3.05, 3.63) is 58.1 Å². The normalized spacial score (nSPS) is 14.4. The van der Waals surface area contributed by atoms with Gasteiger partial charge in [-0.15, -0.1) is 0 Å². The van der Waals surface area contributed by atoms with Crippen molar-refractivity contribution in [2.24, 2.45) is 0 Å². The fraction of sp³-hybridized carbons (Fsp3) is 0.364. The summed E-state index contributed by atoms with van der Waals surface area (Å²) in [6.07, 6.45) is 0.139. The largest absolute Gasteiger partial charge is 0.497 e. The monoisotopic (exact) mass is 456 g/mol. The third kappa shape index (κ3) is 5.21. The number of fused-ring (bicyclic) bond motifs is 1. The standard InChI is InChI=1S/C22H24N4O5S/c1-30-18-6-7-19-20(15-18)32-22(23-19)25(9-8-24-10-12-31-13-11-24)21(27)14-16-2-4-17(5-3-16)26(28)29/h2-7,15H,8-14H2,1H3. The Morgan fingerprint density at radius 2 is 2.00 bits per heavy atom. The van der Waals surface area contributed by atoms with E-state index in [1.807, 2.05) is 18.2 Å². The second-order valence-electron chi connectivity index (χ2n) is 7.43.